The van der Waals surface area contributed by atoms with Gasteiger partial charge in [0.1, 0.15) is 27.9 Å². The highest BCUT2D eigenvalue weighted by Crippen LogP contribution is 2.44. The molecule has 0 spiro atoms. The lowest BCUT2D eigenvalue weighted by Crippen LogP contribution is -2.48. The summed E-state index contributed by atoms with van der Waals surface area (Å²) >= 11 is 0. The summed E-state index contributed by atoms with van der Waals surface area (Å²) in [5.74, 6) is 2.11. The topological polar surface area (TPSA) is 93.2 Å². The van der Waals surface area contributed by atoms with Gasteiger partial charge < -0.3 is 23.4 Å². The second-order valence-corrected chi connectivity index (χ2v) is 21.0. The monoisotopic (exact) mass is 683 g/mol. The highest BCUT2D eigenvalue weighted by atomic mass is 32.2. The molecule has 0 aliphatic carbocycles. The van der Waals surface area contributed by atoms with Gasteiger partial charge in [-0.15, -0.1) is 0 Å². The van der Waals surface area contributed by atoms with Crippen molar-refractivity contribution in [3.8, 4) is 28.5 Å². The summed E-state index contributed by atoms with van der Waals surface area (Å²) in [6, 6.07) is 18.0. The van der Waals surface area contributed by atoms with Gasteiger partial charge in [0.15, 0.2) is 14.4 Å². The van der Waals surface area contributed by atoms with Crippen LogP contribution < -0.4 is 14.2 Å². The van der Waals surface area contributed by atoms with Gasteiger partial charge >= 0.3 is 0 Å². The number of sulfone groups is 1. The maximum absolute atomic E-state index is 11.3. The molecule has 1 aliphatic heterocycles. The zero-order chi connectivity index (χ0) is 34.2. The van der Waals surface area contributed by atoms with Crippen molar-refractivity contribution in [3.63, 3.8) is 0 Å². The molecule has 10 heteroatoms. The van der Waals surface area contributed by atoms with E-state index in [1.54, 1.807) is 12.3 Å². The minimum Gasteiger partial charge on any atom is -0.488 e. The summed E-state index contributed by atoms with van der Waals surface area (Å²) in [4.78, 5) is 4.42. The molecule has 1 aromatic heterocycles. The number of ether oxygens (including phenoxy) is 4. The predicted octanol–water partition coefficient (Wildman–Crippen LogP) is 8.73. The van der Waals surface area contributed by atoms with Crippen molar-refractivity contribution in [1.29, 1.82) is 0 Å². The lowest BCUT2D eigenvalue weighted by atomic mass is 10.0. The van der Waals surface area contributed by atoms with Gasteiger partial charge in [-0.1, -0.05) is 71.9 Å². The van der Waals surface area contributed by atoms with Crippen LogP contribution in [0.5, 0.6) is 17.4 Å². The van der Waals surface area contributed by atoms with Gasteiger partial charge in [0.05, 0.1) is 18.5 Å². The molecule has 2 atom stereocenters. The number of pyridine rings is 1. The summed E-state index contributed by atoms with van der Waals surface area (Å²) < 4.78 is 53.9. The number of fused-ring (bicyclic) bond motifs is 1. The van der Waals surface area contributed by atoms with Crippen LogP contribution >= 0.6 is 0 Å². The van der Waals surface area contributed by atoms with Gasteiger partial charge in [-0.2, -0.15) is 0 Å². The van der Waals surface area contributed by atoms with E-state index < -0.39 is 18.2 Å². The maximum Gasteiger partial charge on any atom is 0.213 e. The molecule has 0 saturated heterocycles. The molecular formula is C37H53NO7SSi. The van der Waals surface area contributed by atoms with Crippen LogP contribution in [0, 0.1) is 0 Å². The average Bonchev–Trinajstić information content (AvgIpc) is 3.43. The zero-order valence-corrected chi connectivity index (χ0v) is 31.1. The Balaban J connectivity index is 1.38. The first-order valence-electron chi connectivity index (χ1n) is 16.9. The Bertz CT molecular complexity index is 1500. The van der Waals surface area contributed by atoms with E-state index in [1.165, 1.54) is 6.26 Å². The maximum atomic E-state index is 11.3. The first kappa shape index (κ1) is 36.9. The smallest absolute Gasteiger partial charge is 0.213 e. The summed E-state index contributed by atoms with van der Waals surface area (Å²) in [6.45, 7) is 18.0. The van der Waals surface area contributed by atoms with Crippen LogP contribution in [0.4, 0.5) is 0 Å². The lowest BCUT2D eigenvalue weighted by Gasteiger charge is -2.42. The highest BCUT2D eigenvalue weighted by molar-refractivity contribution is 7.90. The zero-order valence-electron chi connectivity index (χ0n) is 29.3. The van der Waals surface area contributed by atoms with E-state index in [-0.39, 0.29) is 18.0 Å². The molecule has 0 N–H and O–H groups in total. The van der Waals surface area contributed by atoms with E-state index in [9.17, 15) is 8.42 Å². The van der Waals surface area contributed by atoms with Crippen molar-refractivity contribution in [1.82, 2.24) is 4.98 Å². The fraction of sp³-hybridized carbons (Fsp3) is 0.541. The van der Waals surface area contributed by atoms with Gasteiger partial charge in [0, 0.05) is 48.4 Å². The standard InChI is InChI=1S/C37H53NO7SSi/c1-9-41-34(20-22-44-47(26(2)3,27(4)5)28(6)7)29-14-17-31(18-15-29)45-35-25-43-37-32(12-10-13-33(35)37)30-16-19-36(38-24-30)42-21-11-23-46(8,39)40/h10,12-19,24,26-28,34-35H,9,11,20-23,25H2,1-8H3/t34-,35+/m0/s1. The third-order valence-corrected chi connectivity index (χ3v) is 16.2. The quantitative estimate of drug-likeness (QED) is 0.0971. The van der Waals surface area contributed by atoms with Gasteiger partial charge in [0.2, 0.25) is 5.88 Å². The second kappa shape index (κ2) is 16.5. The fourth-order valence-corrected chi connectivity index (χ4v) is 13.1. The molecule has 258 valence electrons. The molecule has 2 heterocycles. The summed E-state index contributed by atoms with van der Waals surface area (Å²) in [5.41, 5.74) is 5.59. The van der Waals surface area contributed by atoms with E-state index >= 15 is 0 Å². The Hall–Kier alpha value is -2.92. The number of hydrogen-bond acceptors (Lipinski definition) is 8. The molecular weight excluding hydrogens is 631 g/mol. The molecule has 0 amide bonds. The van der Waals surface area contributed by atoms with E-state index in [4.69, 9.17) is 23.4 Å². The molecule has 0 saturated carbocycles. The molecule has 4 rings (SSSR count). The summed E-state index contributed by atoms with van der Waals surface area (Å²) in [5, 5.41) is 0. The number of aromatic nitrogens is 1. The average molecular weight is 684 g/mol. The highest BCUT2D eigenvalue weighted by Gasteiger charge is 2.45. The molecule has 47 heavy (non-hydrogen) atoms. The van der Waals surface area contributed by atoms with Crippen molar-refractivity contribution < 1.29 is 31.8 Å². The minimum absolute atomic E-state index is 0.0387. The molecule has 3 aromatic rings. The van der Waals surface area contributed by atoms with E-state index in [0.717, 1.165) is 40.2 Å². The Morgan fingerprint density at radius 1 is 0.936 bits per heavy atom. The van der Waals surface area contributed by atoms with Crippen LogP contribution in [0.3, 0.4) is 0 Å². The Morgan fingerprint density at radius 2 is 1.64 bits per heavy atom. The van der Waals surface area contributed by atoms with E-state index in [1.807, 2.05) is 43.3 Å². The second-order valence-electron chi connectivity index (χ2n) is 13.3. The van der Waals surface area contributed by atoms with Crippen LogP contribution in [0.25, 0.3) is 11.1 Å². The lowest BCUT2D eigenvalue weighted by molar-refractivity contribution is 0.0439. The van der Waals surface area contributed by atoms with Crippen molar-refractivity contribution in [3.05, 3.63) is 71.9 Å². The van der Waals surface area contributed by atoms with Gasteiger partial charge in [-0.25, -0.2) is 13.4 Å². The van der Waals surface area contributed by atoms with Gasteiger partial charge in [-0.3, -0.25) is 0 Å². The number of nitrogens with zero attached hydrogens (tertiary/aromatic N) is 1. The normalized spacial score (nSPS) is 15.6. The van der Waals surface area contributed by atoms with Crippen molar-refractivity contribution in [2.75, 3.05) is 38.4 Å². The van der Waals surface area contributed by atoms with Crippen molar-refractivity contribution >= 4 is 18.2 Å². The number of benzene rings is 2. The predicted molar refractivity (Wildman–Crippen MR) is 191 cm³/mol. The largest absolute Gasteiger partial charge is 0.488 e. The van der Waals surface area contributed by atoms with E-state index in [0.29, 0.717) is 55.4 Å². The Kier molecular flexibility index (Phi) is 12.9. The van der Waals surface area contributed by atoms with Crippen molar-refractivity contribution in [2.45, 2.75) is 90.1 Å². The van der Waals surface area contributed by atoms with Crippen LogP contribution in [0.1, 0.15) is 84.6 Å². The number of rotatable bonds is 18. The third kappa shape index (κ3) is 9.37. The fourth-order valence-electron chi connectivity index (χ4n) is 6.98. The summed E-state index contributed by atoms with van der Waals surface area (Å²) in [7, 11) is -4.94. The SMILES string of the molecule is CCO[C@@H](CCO[Si](C(C)C)(C(C)C)C(C)C)c1ccc(O[C@@H]2COc3c(-c4ccc(OCCCS(C)(=O)=O)nc4)cccc32)cc1. The van der Waals surface area contributed by atoms with Crippen LogP contribution in [-0.2, 0) is 19.0 Å². The third-order valence-electron chi connectivity index (χ3n) is 9.07. The molecule has 0 unspecified atom stereocenters. The minimum atomic E-state index is -3.01. The molecule has 2 aromatic carbocycles. The Morgan fingerprint density at radius 3 is 2.23 bits per heavy atom. The van der Waals surface area contributed by atoms with Crippen LogP contribution in [-0.4, -0.2) is 60.2 Å². The number of hydrogen-bond donors (Lipinski definition) is 0. The van der Waals surface area contributed by atoms with Gasteiger partial charge in [0.25, 0.3) is 0 Å². The van der Waals surface area contributed by atoms with Crippen LogP contribution in [0.2, 0.25) is 16.6 Å². The number of para-hydroxylation sites is 1. The molecule has 0 bridgehead atoms. The summed E-state index contributed by atoms with van der Waals surface area (Å²) in [6.07, 6.45) is 3.93. The first-order chi connectivity index (χ1) is 22.4. The van der Waals surface area contributed by atoms with Crippen molar-refractivity contribution in [2.24, 2.45) is 0 Å². The molecule has 0 radical (unpaired) electrons. The van der Waals surface area contributed by atoms with E-state index in [2.05, 4.69) is 58.7 Å². The molecule has 0 fully saturated rings. The van der Waals surface area contributed by atoms with Crippen LogP contribution in [0.15, 0.2) is 60.8 Å². The molecule has 1 aliphatic rings. The molecule has 8 nitrogen and oxygen atoms in total. The first-order valence-corrected chi connectivity index (χ1v) is 21.1. The Labute approximate surface area is 283 Å². The van der Waals surface area contributed by atoms with Gasteiger partial charge in [-0.05, 0) is 60.2 Å².